The summed E-state index contributed by atoms with van der Waals surface area (Å²) in [7, 11) is -0.270. The summed E-state index contributed by atoms with van der Waals surface area (Å²) in [4.78, 5) is 39.6. The van der Waals surface area contributed by atoms with Crippen LogP contribution in [0.2, 0.25) is 0 Å². The van der Waals surface area contributed by atoms with Crippen LogP contribution < -0.4 is 26.5 Å². The first kappa shape index (κ1) is 29.4. The van der Waals surface area contributed by atoms with Crippen molar-refractivity contribution in [1.29, 1.82) is 0 Å². The number of nitrogens with two attached hydrogens (primary N) is 1. The first-order valence-electron chi connectivity index (χ1n) is 11.0. The normalized spacial score (nSPS) is 13.3. The van der Waals surface area contributed by atoms with Crippen molar-refractivity contribution in [2.24, 2.45) is 16.6 Å². The largest absolute Gasteiger partial charge is 0.496 e. The summed E-state index contributed by atoms with van der Waals surface area (Å²) in [5.41, 5.74) is 7.74. The Morgan fingerprint density at radius 3 is 2.57 bits per heavy atom. The Morgan fingerprint density at radius 2 is 1.97 bits per heavy atom. The number of carbonyl (C=O) groups is 2. The lowest BCUT2D eigenvalue weighted by atomic mass is 9.75. The highest BCUT2D eigenvalue weighted by atomic mass is 16.7. The second kappa shape index (κ2) is 15.3. The lowest BCUT2D eigenvalue weighted by Gasteiger charge is -2.23. The Hall–Kier alpha value is -3.65. The quantitative estimate of drug-likeness (QED) is 0.0380. The van der Waals surface area contributed by atoms with E-state index in [1.165, 1.54) is 19.3 Å². The average molecular weight is 492 g/mol. The third-order valence-electron chi connectivity index (χ3n) is 4.74. The van der Waals surface area contributed by atoms with Crippen molar-refractivity contribution in [1.82, 2.24) is 16.1 Å². The highest BCUT2D eigenvalue weighted by Crippen LogP contribution is 2.18. The summed E-state index contributed by atoms with van der Waals surface area (Å²) in [6.45, 7) is 3.79. The van der Waals surface area contributed by atoms with E-state index in [0.717, 1.165) is 0 Å². The van der Waals surface area contributed by atoms with Gasteiger partial charge < -0.3 is 31.2 Å². The van der Waals surface area contributed by atoms with Gasteiger partial charge in [-0.05, 0) is 37.3 Å². The second-order valence-electron chi connectivity index (χ2n) is 8.07. The summed E-state index contributed by atoms with van der Waals surface area (Å²) in [5.74, 6) is -1.84. The molecule has 0 aliphatic carbocycles. The fourth-order valence-corrected chi connectivity index (χ4v) is 3.13. The molecule has 14 heteroatoms. The second-order valence-corrected chi connectivity index (χ2v) is 8.07. The Labute approximate surface area is 204 Å². The van der Waals surface area contributed by atoms with E-state index in [1.807, 2.05) is 13.8 Å². The summed E-state index contributed by atoms with van der Waals surface area (Å²) in [6.07, 6.45) is 3.47. The third kappa shape index (κ3) is 11.9. The Morgan fingerprint density at radius 1 is 1.29 bits per heavy atom. The van der Waals surface area contributed by atoms with Crippen LogP contribution in [0.3, 0.4) is 0 Å². The minimum Gasteiger partial charge on any atom is -0.496 e. The first-order chi connectivity index (χ1) is 16.5. The predicted molar refractivity (Wildman–Crippen MR) is 131 cm³/mol. The van der Waals surface area contributed by atoms with E-state index in [0.29, 0.717) is 17.7 Å². The molecule has 1 aromatic rings. The lowest BCUT2D eigenvalue weighted by molar-refractivity contribution is -0.525. The van der Waals surface area contributed by atoms with Crippen LogP contribution >= 0.6 is 0 Å². The van der Waals surface area contributed by atoms with E-state index in [2.05, 4.69) is 15.6 Å². The van der Waals surface area contributed by atoms with Crippen LogP contribution in [0.1, 0.15) is 38.7 Å². The van der Waals surface area contributed by atoms with Gasteiger partial charge in [-0.2, -0.15) is 0 Å². The van der Waals surface area contributed by atoms with E-state index in [9.17, 15) is 29.8 Å². The molecule has 1 rings (SSSR count). The van der Waals surface area contributed by atoms with Gasteiger partial charge in [0.2, 0.25) is 11.8 Å². The molecule has 0 radical (unpaired) electrons. The molecule has 2 amide bonds. The maximum Gasteiger partial charge on any atom is 0.475 e. The highest BCUT2D eigenvalue weighted by Gasteiger charge is 2.29. The van der Waals surface area contributed by atoms with Gasteiger partial charge in [-0.3, -0.25) is 9.59 Å². The summed E-state index contributed by atoms with van der Waals surface area (Å²) in [6, 6.07) is 6.04. The Balaban J connectivity index is 2.91. The molecule has 0 saturated carbocycles. The number of nitro groups is 1. The van der Waals surface area contributed by atoms with E-state index in [4.69, 9.17) is 10.5 Å². The van der Waals surface area contributed by atoms with Crippen molar-refractivity contribution in [2.75, 3.05) is 13.7 Å². The minimum atomic E-state index is -1.78. The molecule has 0 aliphatic heterocycles. The van der Waals surface area contributed by atoms with Crippen LogP contribution in [0.5, 0.6) is 5.75 Å². The predicted octanol–water partition coefficient (Wildman–Crippen LogP) is -0.388. The molecule has 0 fully saturated rings. The van der Waals surface area contributed by atoms with Crippen molar-refractivity contribution in [3.05, 3.63) is 46.0 Å². The Bertz CT molecular complexity index is 910. The van der Waals surface area contributed by atoms with E-state index >= 15 is 0 Å². The number of guanidine groups is 1. The number of ether oxygens (including phenoxy) is 1. The maximum atomic E-state index is 12.9. The fraction of sp³-hybridized carbons (Fsp3) is 0.476. The van der Waals surface area contributed by atoms with Gasteiger partial charge in [0, 0.05) is 18.2 Å². The van der Waals surface area contributed by atoms with Crippen LogP contribution in [-0.2, 0) is 9.59 Å². The molecule has 0 unspecified atom stereocenters. The summed E-state index contributed by atoms with van der Waals surface area (Å²) < 4.78 is 5.24. The number of hydrogen-bond acceptors (Lipinski definition) is 8. The number of hydrogen-bond donors (Lipinski definition) is 6. The molecular weight excluding hydrogens is 459 g/mol. The van der Waals surface area contributed by atoms with E-state index in [1.54, 1.807) is 29.7 Å². The summed E-state index contributed by atoms with van der Waals surface area (Å²) >= 11 is 0. The van der Waals surface area contributed by atoms with E-state index < -0.39 is 35.9 Å². The molecule has 0 heterocycles. The van der Waals surface area contributed by atoms with Crippen LogP contribution in [0.25, 0.3) is 6.08 Å². The molecule has 7 N–H and O–H groups in total. The summed E-state index contributed by atoms with van der Waals surface area (Å²) in [5, 5.41) is 33.9. The van der Waals surface area contributed by atoms with Crippen LogP contribution in [-0.4, -0.2) is 65.6 Å². The zero-order valence-electron chi connectivity index (χ0n) is 20.0. The van der Waals surface area contributed by atoms with Gasteiger partial charge in [0.05, 0.1) is 13.1 Å². The van der Waals surface area contributed by atoms with Gasteiger partial charge in [0.25, 0.3) is 5.96 Å². The van der Waals surface area contributed by atoms with Crippen LogP contribution in [0, 0.1) is 16.0 Å². The highest BCUT2D eigenvalue weighted by molar-refractivity contribution is 6.43. The lowest BCUT2D eigenvalue weighted by Crippen LogP contribution is -2.54. The average Bonchev–Trinajstić information content (AvgIpc) is 2.78. The van der Waals surface area contributed by atoms with Gasteiger partial charge in [-0.25, -0.2) is 15.1 Å². The molecule has 0 aliphatic rings. The van der Waals surface area contributed by atoms with Crippen molar-refractivity contribution in [3.8, 4) is 5.75 Å². The Kier molecular flexibility index (Phi) is 12.8. The van der Waals surface area contributed by atoms with Crippen LogP contribution in [0.15, 0.2) is 35.3 Å². The van der Waals surface area contributed by atoms with Crippen LogP contribution in [0.4, 0.5) is 0 Å². The topological polar surface area (TPSA) is 201 Å². The first-order valence-corrected chi connectivity index (χ1v) is 11.0. The zero-order valence-corrected chi connectivity index (χ0v) is 20.0. The fourth-order valence-electron chi connectivity index (χ4n) is 3.13. The van der Waals surface area contributed by atoms with Gasteiger partial charge in [0.1, 0.15) is 11.8 Å². The molecule has 192 valence electrons. The number of aliphatic imine (C=N–C) groups is 1. The number of amides is 2. The molecular formula is C21H33BN6O7. The number of hydrazine groups is 1. The van der Waals surface area contributed by atoms with Crippen molar-refractivity contribution in [3.63, 3.8) is 0 Å². The molecule has 35 heavy (non-hydrogen) atoms. The molecule has 0 aromatic heterocycles. The van der Waals surface area contributed by atoms with Gasteiger partial charge in [-0.1, -0.05) is 37.5 Å². The zero-order chi connectivity index (χ0) is 26.4. The van der Waals surface area contributed by atoms with Gasteiger partial charge in [-0.15, -0.1) is 0 Å². The van der Waals surface area contributed by atoms with Crippen molar-refractivity contribution >= 4 is 31.0 Å². The van der Waals surface area contributed by atoms with E-state index in [-0.39, 0.29) is 31.3 Å². The number of methoxy groups -OCH3 is 1. The molecule has 0 saturated heterocycles. The molecule has 2 atom stereocenters. The number of nitrogens with one attached hydrogen (secondary N) is 3. The number of para-hydroxylation sites is 1. The maximum absolute atomic E-state index is 12.9. The van der Waals surface area contributed by atoms with Crippen molar-refractivity contribution in [2.45, 2.75) is 45.1 Å². The molecule has 1 aromatic carbocycles. The SMILES string of the molecule is COc1ccccc1C=CC(=O)N[C@@H](CCCN=C(N)N[N+](=O)[O-])C(=O)N[C@@H](CC(C)C)B(O)O. The van der Waals surface area contributed by atoms with Gasteiger partial charge >= 0.3 is 7.12 Å². The minimum absolute atomic E-state index is 0.0570. The monoisotopic (exact) mass is 492 g/mol. The smallest absolute Gasteiger partial charge is 0.475 e. The standard InChI is InChI=1S/C21H33BN6O7/c1-14(2)13-18(22(31)32)26-20(30)16(8-6-12-24-21(23)27-28(33)34)25-19(29)11-10-15-7-4-5-9-17(15)35-3/h4-5,7,9-11,14,16,18,31-32H,6,8,12-13H2,1-3H3,(H,25,29)(H,26,30)(H3,23,24,27)/t16-,18-/m0/s1. The molecule has 0 bridgehead atoms. The molecule has 0 spiro atoms. The third-order valence-corrected chi connectivity index (χ3v) is 4.74. The number of nitrogens with zero attached hydrogens (tertiary/aromatic N) is 2. The van der Waals surface area contributed by atoms with Crippen molar-refractivity contribution < 1.29 is 29.4 Å². The number of benzene rings is 1. The molecule has 13 nitrogen and oxygen atoms in total. The van der Waals surface area contributed by atoms with Gasteiger partial charge in [0.15, 0.2) is 5.03 Å². The number of rotatable bonds is 14. The number of carbonyl (C=O) groups excluding carboxylic acids is 2.